The van der Waals surface area contributed by atoms with Crippen LogP contribution in [0.25, 0.3) is 0 Å². The van der Waals surface area contributed by atoms with Crippen molar-refractivity contribution in [3.8, 4) is 0 Å². The van der Waals surface area contributed by atoms with Crippen molar-refractivity contribution >= 4 is 11.6 Å². The Hall–Kier alpha value is -2.35. The van der Waals surface area contributed by atoms with Gasteiger partial charge in [-0.25, -0.2) is 15.8 Å². The van der Waals surface area contributed by atoms with Crippen LogP contribution < -0.4 is 16.6 Å². The Kier molecular flexibility index (Phi) is 4.27. The maximum atomic E-state index is 12.7. The van der Waals surface area contributed by atoms with Crippen LogP contribution in [-0.2, 0) is 12.7 Å². The molecule has 0 aliphatic heterocycles. The number of anilines is 2. The largest absolute Gasteiger partial charge is 0.451 e. The zero-order valence-corrected chi connectivity index (χ0v) is 11.2. The lowest BCUT2D eigenvalue weighted by atomic mass is 10.1. The van der Waals surface area contributed by atoms with Gasteiger partial charge in [-0.1, -0.05) is 29.8 Å². The number of aryl methyl sites for hydroxylation is 1. The maximum Gasteiger partial charge on any atom is 0.451 e. The Labute approximate surface area is 119 Å². The highest BCUT2D eigenvalue weighted by Crippen LogP contribution is 2.28. The van der Waals surface area contributed by atoms with Crippen molar-refractivity contribution in [3.05, 3.63) is 47.3 Å². The molecule has 1 aromatic heterocycles. The summed E-state index contributed by atoms with van der Waals surface area (Å²) in [5.41, 5.74) is 4.13. The molecule has 2 rings (SSSR count). The van der Waals surface area contributed by atoms with Crippen LogP contribution >= 0.6 is 0 Å². The summed E-state index contributed by atoms with van der Waals surface area (Å²) < 4.78 is 38.0. The molecule has 0 amide bonds. The van der Waals surface area contributed by atoms with E-state index in [0.29, 0.717) is 6.54 Å². The molecule has 0 aliphatic carbocycles. The van der Waals surface area contributed by atoms with Gasteiger partial charge < -0.3 is 10.7 Å². The number of nitrogens with one attached hydrogen (secondary N) is 2. The van der Waals surface area contributed by atoms with Crippen molar-refractivity contribution in [1.82, 2.24) is 9.97 Å². The van der Waals surface area contributed by atoms with Gasteiger partial charge in [-0.15, -0.1) is 0 Å². The van der Waals surface area contributed by atoms with Gasteiger partial charge in [-0.3, -0.25) is 0 Å². The molecule has 2 aromatic rings. The number of alkyl halides is 3. The molecule has 0 radical (unpaired) electrons. The smallest absolute Gasteiger partial charge is 0.366 e. The zero-order valence-electron chi connectivity index (χ0n) is 11.2. The monoisotopic (exact) mass is 297 g/mol. The van der Waals surface area contributed by atoms with Gasteiger partial charge in [-0.2, -0.15) is 13.2 Å². The second kappa shape index (κ2) is 5.96. The summed E-state index contributed by atoms with van der Waals surface area (Å²) in [6.07, 6.45) is -4.63. The van der Waals surface area contributed by atoms with E-state index in [1.807, 2.05) is 31.2 Å². The van der Waals surface area contributed by atoms with Gasteiger partial charge >= 0.3 is 6.18 Å². The second-order valence-electron chi connectivity index (χ2n) is 4.44. The summed E-state index contributed by atoms with van der Waals surface area (Å²) >= 11 is 0. The van der Waals surface area contributed by atoms with Gasteiger partial charge in [0.1, 0.15) is 11.6 Å². The second-order valence-corrected chi connectivity index (χ2v) is 4.44. The van der Waals surface area contributed by atoms with Crippen molar-refractivity contribution < 1.29 is 13.2 Å². The predicted molar refractivity (Wildman–Crippen MR) is 73.3 cm³/mol. The molecule has 0 spiro atoms. The molecule has 0 fully saturated rings. The van der Waals surface area contributed by atoms with Crippen LogP contribution in [0.4, 0.5) is 24.8 Å². The summed E-state index contributed by atoms with van der Waals surface area (Å²) in [6, 6.07) is 8.92. The SMILES string of the molecule is Cc1ccc(CNc2cc(NN)nc(C(F)(F)F)n2)cc1. The standard InChI is InChI=1S/C13H14F3N5/c1-8-2-4-9(5-3-8)7-18-10-6-11(21-17)20-12(19-10)13(14,15)16/h2-6H,7,17H2,1H3,(H2,18,19,20,21). The molecule has 8 heteroatoms. The van der Waals surface area contributed by atoms with Gasteiger partial charge in [0.25, 0.3) is 0 Å². The quantitative estimate of drug-likeness (QED) is 0.597. The Morgan fingerprint density at radius 3 is 2.29 bits per heavy atom. The Bertz CT molecular complexity index is 610. The van der Waals surface area contributed by atoms with E-state index in [4.69, 9.17) is 5.84 Å². The third-order valence-electron chi connectivity index (χ3n) is 2.72. The van der Waals surface area contributed by atoms with Gasteiger partial charge in [0.2, 0.25) is 5.82 Å². The van der Waals surface area contributed by atoms with E-state index in [2.05, 4.69) is 20.7 Å². The first-order valence-corrected chi connectivity index (χ1v) is 6.11. The zero-order chi connectivity index (χ0) is 15.5. The van der Waals surface area contributed by atoms with E-state index in [1.165, 1.54) is 6.07 Å². The van der Waals surface area contributed by atoms with Gasteiger partial charge in [0, 0.05) is 12.6 Å². The fraction of sp³-hybridized carbons (Fsp3) is 0.231. The first-order chi connectivity index (χ1) is 9.88. The number of benzene rings is 1. The van der Waals surface area contributed by atoms with E-state index in [9.17, 15) is 13.2 Å². The van der Waals surface area contributed by atoms with Crippen molar-refractivity contribution in [3.63, 3.8) is 0 Å². The van der Waals surface area contributed by atoms with E-state index in [0.717, 1.165) is 11.1 Å². The predicted octanol–water partition coefficient (Wildman–Crippen LogP) is 2.70. The van der Waals surface area contributed by atoms with E-state index >= 15 is 0 Å². The summed E-state index contributed by atoms with van der Waals surface area (Å²) in [5.74, 6) is 3.81. The summed E-state index contributed by atoms with van der Waals surface area (Å²) in [4.78, 5) is 6.72. The van der Waals surface area contributed by atoms with Gasteiger partial charge in [-0.05, 0) is 12.5 Å². The summed E-state index contributed by atoms with van der Waals surface area (Å²) in [7, 11) is 0. The minimum atomic E-state index is -4.63. The van der Waals surface area contributed by atoms with Crippen LogP contribution in [0.3, 0.4) is 0 Å². The van der Waals surface area contributed by atoms with E-state index in [-0.39, 0.29) is 11.6 Å². The normalized spacial score (nSPS) is 11.3. The number of hydrazine groups is 1. The summed E-state index contributed by atoms with van der Waals surface area (Å²) in [6.45, 7) is 2.30. The Morgan fingerprint density at radius 1 is 1.10 bits per heavy atom. The molecule has 0 saturated heterocycles. The lowest BCUT2D eigenvalue weighted by molar-refractivity contribution is -0.144. The average molecular weight is 297 g/mol. The van der Waals surface area contributed by atoms with Crippen molar-refractivity contribution in [2.45, 2.75) is 19.6 Å². The lowest BCUT2D eigenvalue weighted by Gasteiger charge is -2.11. The molecule has 21 heavy (non-hydrogen) atoms. The van der Waals surface area contributed by atoms with Crippen molar-refractivity contribution in [2.75, 3.05) is 10.7 Å². The topological polar surface area (TPSA) is 75.9 Å². The number of hydrogen-bond donors (Lipinski definition) is 3. The fourth-order valence-corrected chi connectivity index (χ4v) is 1.64. The first kappa shape index (κ1) is 15.0. The van der Waals surface area contributed by atoms with E-state index < -0.39 is 12.0 Å². The number of halogens is 3. The molecule has 0 saturated carbocycles. The minimum absolute atomic E-state index is 0.0471. The average Bonchev–Trinajstić information content (AvgIpc) is 2.45. The van der Waals surface area contributed by atoms with E-state index in [1.54, 1.807) is 0 Å². The van der Waals surface area contributed by atoms with Crippen LogP contribution in [0.15, 0.2) is 30.3 Å². The third-order valence-corrected chi connectivity index (χ3v) is 2.72. The molecule has 0 unspecified atom stereocenters. The number of nitrogens with zero attached hydrogens (tertiary/aromatic N) is 2. The van der Waals surface area contributed by atoms with Crippen LogP contribution in [0.5, 0.6) is 0 Å². The summed E-state index contributed by atoms with van der Waals surface area (Å²) in [5, 5.41) is 2.82. The molecule has 0 bridgehead atoms. The third kappa shape index (κ3) is 4.06. The van der Waals surface area contributed by atoms with Crippen LogP contribution in [-0.4, -0.2) is 9.97 Å². The van der Waals surface area contributed by atoms with Gasteiger partial charge in [0.05, 0.1) is 0 Å². The van der Waals surface area contributed by atoms with Crippen LogP contribution in [0, 0.1) is 6.92 Å². The number of hydrogen-bond acceptors (Lipinski definition) is 5. The van der Waals surface area contributed by atoms with Crippen molar-refractivity contribution in [2.24, 2.45) is 5.84 Å². The molecular formula is C13H14F3N5. The fourth-order valence-electron chi connectivity index (χ4n) is 1.64. The van der Waals surface area contributed by atoms with Crippen LogP contribution in [0.1, 0.15) is 17.0 Å². The molecule has 1 heterocycles. The molecule has 5 nitrogen and oxygen atoms in total. The Balaban J connectivity index is 2.17. The highest BCUT2D eigenvalue weighted by atomic mass is 19.4. The highest BCUT2D eigenvalue weighted by molar-refractivity contribution is 5.47. The Morgan fingerprint density at radius 2 is 1.71 bits per heavy atom. The number of aromatic nitrogens is 2. The number of rotatable bonds is 4. The highest BCUT2D eigenvalue weighted by Gasteiger charge is 2.35. The maximum absolute atomic E-state index is 12.7. The minimum Gasteiger partial charge on any atom is -0.366 e. The molecule has 0 atom stereocenters. The molecular weight excluding hydrogens is 283 g/mol. The van der Waals surface area contributed by atoms with Crippen LogP contribution in [0.2, 0.25) is 0 Å². The molecule has 4 N–H and O–H groups in total. The molecule has 0 aliphatic rings. The number of nitrogens with two attached hydrogens (primary N) is 1. The first-order valence-electron chi connectivity index (χ1n) is 6.11. The molecule has 1 aromatic carbocycles. The molecule has 112 valence electrons. The van der Waals surface area contributed by atoms with Crippen molar-refractivity contribution in [1.29, 1.82) is 0 Å². The lowest BCUT2D eigenvalue weighted by Crippen LogP contribution is -2.17. The number of nitrogen functional groups attached to an aromatic ring is 1. The van der Waals surface area contributed by atoms with Gasteiger partial charge in [0.15, 0.2) is 0 Å².